The lowest BCUT2D eigenvalue weighted by molar-refractivity contribution is 0.0639. The van der Waals surface area contributed by atoms with Crippen molar-refractivity contribution in [2.45, 2.75) is 6.92 Å². The van der Waals surface area contributed by atoms with E-state index >= 15 is 0 Å². The highest BCUT2D eigenvalue weighted by Crippen LogP contribution is 2.27. The first kappa shape index (κ1) is 17.1. The Bertz CT molecular complexity index is 927. The molecule has 0 N–H and O–H groups in total. The number of hydrogen-bond donors (Lipinski definition) is 0. The van der Waals surface area contributed by atoms with E-state index < -0.39 is 0 Å². The number of carbonyl (C=O) groups excluding carboxylic acids is 1. The first-order valence-electron chi connectivity index (χ1n) is 8.92. The van der Waals surface area contributed by atoms with Crippen molar-refractivity contribution in [1.82, 2.24) is 19.2 Å². The number of imidazole rings is 1. The summed E-state index contributed by atoms with van der Waals surface area (Å²) in [6.07, 6.45) is 1.94. The van der Waals surface area contributed by atoms with Gasteiger partial charge in [0, 0.05) is 43.0 Å². The molecule has 3 heterocycles. The van der Waals surface area contributed by atoms with Crippen LogP contribution in [0, 0.1) is 0 Å². The van der Waals surface area contributed by atoms with Crippen LogP contribution in [0.15, 0.2) is 48.7 Å². The highest BCUT2D eigenvalue weighted by Gasteiger charge is 2.27. The zero-order valence-electron chi connectivity index (χ0n) is 14.7. The number of aromatic nitrogens is 2. The molecule has 0 saturated carbocycles. The molecule has 134 valence electrons. The maximum atomic E-state index is 13.2. The molecule has 0 atom stereocenters. The van der Waals surface area contributed by atoms with Gasteiger partial charge in [-0.3, -0.25) is 9.20 Å². The number of nitrogens with zero attached hydrogens (tertiary/aromatic N) is 4. The third-order valence-electron chi connectivity index (χ3n) is 4.96. The Labute approximate surface area is 157 Å². The summed E-state index contributed by atoms with van der Waals surface area (Å²) in [6.45, 7) is 6.46. The van der Waals surface area contributed by atoms with Crippen LogP contribution < -0.4 is 0 Å². The summed E-state index contributed by atoms with van der Waals surface area (Å²) >= 11 is 6.04. The normalized spacial score (nSPS) is 15.5. The van der Waals surface area contributed by atoms with E-state index in [2.05, 4.69) is 16.8 Å². The van der Waals surface area contributed by atoms with Gasteiger partial charge in [0.1, 0.15) is 5.65 Å². The standard InChI is InChI=1S/C20H21ClN4O/c1-2-23-11-13-24(14-12-23)20(26)18-19(15-6-8-16(21)9-7-15)25-10-4-3-5-17(25)22-18/h3-10H,2,11-14H2,1H3. The minimum Gasteiger partial charge on any atom is -0.335 e. The van der Waals surface area contributed by atoms with Gasteiger partial charge in [-0.15, -0.1) is 0 Å². The number of fused-ring (bicyclic) bond motifs is 1. The van der Waals surface area contributed by atoms with Crippen molar-refractivity contribution in [3.8, 4) is 11.3 Å². The van der Waals surface area contributed by atoms with Gasteiger partial charge in [-0.25, -0.2) is 4.98 Å². The van der Waals surface area contributed by atoms with Gasteiger partial charge in [0.2, 0.25) is 0 Å². The molecule has 1 saturated heterocycles. The number of piperazine rings is 1. The Hall–Kier alpha value is -2.37. The van der Waals surface area contributed by atoms with E-state index in [4.69, 9.17) is 11.6 Å². The summed E-state index contributed by atoms with van der Waals surface area (Å²) in [6, 6.07) is 13.4. The number of likely N-dealkylation sites (N-methyl/N-ethyl adjacent to an activating group) is 1. The summed E-state index contributed by atoms with van der Waals surface area (Å²) in [4.78, 5) is 22.1. The maximum absolute atomic E-state index is 13.2. The molecule has 0 aliphatic carbocycles. The monoisotopic (exact) mass is 368 g/mol. The maximum Gasteiger partial charge on any atom is 0.274 e. The van der Waals surface area contributed by atoms with Crippen LogP contribution in [-0.4, -0.2) is 57.8 Å². The average molecular weight is 369 g/mol. The Balaban J connectivity index is 1.76. The largest absolute Gasteiger partial charge is 0.335 e. The van der Waals surface area contributed by atoms with Crippen molar-refractivity contribution < 1.29 is 4.79 Å². The lowest BCUT2D eigenvalue weighted by Gasteiger charge is -2.33. The van der Waals surface area contributed by atoms with Crippen LogP contribution >= 0.6 is 11.6 Å². The third-order valence-corrected chi connectivity index (χ3v) is 5.21. The molecule has 1 aromatic carbocycles. The molecule has 26 heavy (non-hydrogen) atoms. The highest BCUT2D eigenvalue weighted by atomic mass is 35.5. The second-order valence-electron chi connectivity index (χ2n) is 6.47. The van der Waals surface area contributed by atoms with E-state index in [1.54, 1.807) is 0 Å². The molecule has 2 aromatic heterocycles. The van der Waals surface area contributed by atoms with Gasteiger partial charge in [0.15, 0.2) is 5.69 Å². The molecule has 1 aliphatic rings. The van der Waals surface area contributed by atoms with Crippen molar-refractivity contribution in [1.29, 1.82) is 0 Å². The molecular formula is C20H21ClN4O. The van der Waals surface area contributed by atoms with E-state index in [1.165, 1.54) is 0 Å². The quantitative estimate of drug-likeness (QED) is 0.711. The number of hydrogen-bond acceptors (Lipinski definition) is 3. The number of benzene rings is 1. The van der Waals surface area contributed by atoms with E-state index in [1.807, 2.05) is 58.0 Å². The Morgan fingerprint density at radius 1 is 1.08 bits per heavy atom. The van der Waals surface area contributed by atoms with E-state index in [-0.39, 0.29) is 5.91 Å². The van der Waals surface area contributed by atoms with E-state index in [0.717, 1.165) is 49.6 Å². The molecule has 1 aliphatic heterocycles. The van der Waals surface area contributed by atoms with E-state index in [9.17, 15) is 4.79 Å². The van der Waals surface area contributed by atoms with Crippen molar-refractivity contribution in [3.63, 3.8) is 0 Å². The summed E-state index contributed by atoms with van der Waals surface area (Å²) in [7, 11) is 0. The molecule has 5 nitrogen and oxygen atoms in total. The molecule has 1 amide bonds. The number of halogens is 1. The van der Waals surface area contributed by atoms with Gasteiger partial charge in [-0.2, -0.15) is 0 Å². The Morgan fingerprint density at radius 2 is 1.81 bits per heavy atom. The summed E-state index contributed by atoms with van der Waals surface area (Å²) in [5.74, 6) is -0.00518. The molecule has 0 unspecified atom stereocenters. The minimum atomic E-state index is -0.00518. The molecule has 0 radical (unpaired) electrons. The number of amides is 1. The van der Waals surface area contributed by atoms with Crippen LogP contribution in [0.2, 0.25) is 5.02 Å². The number of rotatable bonds is 3. The Kier molecular flexibility index (Phi) is 4.66. The predicted octanol–water partition coefficient (Wildman–Crippen LogP) is 3.43. The zero-order chi connectivity index (χ0) is 18.1. The molecule has 3 aromatic rings. The van der Waals surface area contributed by atoms with Crippen LogP contribution in [0.5, 0.6) is 0 Å². The zero-order valence-corrected chi connectivity index (χ0v) is 15.5. The highest BCUT2D eigenvalue weighted by molar-refractivity contribution is 6.30. The summed E-state index contributed by atoms with van der Waals surface area (Å²) in [5.41, 5.74) is 3.03. The SMILES string of the molecule is CCN1CCN(C(=O)c2nc3ccccn3c2-c2ccc(Cl)cc2)CC1. The van der Waals surface area contributed by atoms with Crippen LogP contribution in [0.3, 0.4) is 0 Å². The van der Waals surface area contributed by atoms with Crippen molar-refractivity contribution in [2.75, 3.05) is 32.7 Å². The van der Waals surface area contributed by atoms with Crippen LogP contribution in [0.4, 0.5) is 0 Å². The fourth-order valence-electron chi connectivity index (χ4n) is 3.45. The molecule has 0 spiro atoms. The predicted molar refractivity (Wildman–Crippen MR) is 104 cm³/mol. The second-order valence-corrected chi connectivity index (χ2v) is 6.91. The lowest BCUT2D eigenvalue weighted by atomic mass is 10.1. The van der Waals surface area contributed by atoms with Gasteiger partial charge in [0.25, 0.3) is 5.91 Å². The number of pyridine rings is 1. The second kappa shape index (κ2) is 7.09. The van der Waals surface area contributed by atoms with Crippen molar-refractivity contribution in [2.24, 2.45) is 0 Å². The minimum absolute atomic E-state index is 0.00518. The lowest BCUT2D eigenvalue weighted by Crippen LogP contribution is -2.48. The van der Waals surface area contributed by atoms with Gasteiger partial charge in [-0.1, -0.05) is 36.7 Å². The van der Waals surface area contributed by atoms with Crippen LogP contribution in [0.25, 0.3) is 16.9 Å². The topological polar surface area (TPSA) is 40.8 Å². The smallest absolute Gasteiger partial charge is 0.274 e. The van der Waals surface area contributed by atoms with E-state index in [0.29, 0.717) is 10.7 Å². The van der Waals surface area contributed by atoms with Gasteiger partial charge < -0.3 is 9.80 Å². The third kappa shape index (κ3) is 3.08. The molecule has 1 fully saturated rings. The summed E-state index contributed by atoms with van der Waals surface area (Å²) in [5, 5.41) is 0.672. The fourth-order valence-corrected chi connectivity index (χ4v) is 3.57. The first-order chi connectivity index (χ1) is 12.7. The molecule has 0 bridgehead atoms. The first-order valence-corrected chi connectivity index (χ1v) is 9.30. The van der Waals surface area contributed by atoms with Gasteiger partial charge >= 0.3 is 0 Å². The van der Waals surface area contributed by atoms with Crippen LogP contribution in [-0.2, 0) is 0 Å². The fraction of sp³-hybridized carbons (Fsp3) is 0.300. The van der Waals surface area contributed by atoms with Crippen LogP contribution in [0.1, 0.15) is 17.4 Å². The van der Waals surface area contributed by atoms with Gasteiger partial charge in [-0.05, 0) is 30.8 Å². The summed E-state index contributed by atoms with van der Waals surface area (Å²) < 4.78 is 1.97. The molecular weight excluding hydrogens is 348 g/mol. The van der Waals surface area contributed by atoms with Gasteiger partial charge in [0.05, 0.1) is 5.69 Å². The van der Waals surface area contributed by atoms with Crippen molar-refractivity contribution >= 4 is 23.2 Å². The van der Waals surface area contributed by atoms with Crippen molar-refractivity contribution in [3.05, 3.63) is 59.4 Å². The Morgan fingerprint density at radius 3 is 2.50 bits per heavy atom. The average Bonchev–Trinajstić information content (AvgIpc) is 3.07. The number of carbonyl (C=O) groups is 1. The molecule has 6 heteroatoms. The molecule has 4 rings (SSSR count).